The molecule has 0 bridgehead atoms. The first kappa shape index (κ1) is 18.3. The van der Waals surface area contributed by atoms with E-state index in [1.807, 2.05) is 4.72 Å². The van der Waals surface area contributed by atoms with Gasteiger partial charge in [-0.05, 0) is 36.4 Å². The number of carbonyl (C=O) groups excluding carboxylic acids is 1. The number of ether oxygens (including phenoxy) is 1. The fourth-order valence-corrected chi connectivity index (χ4v) is 3.59. The van der Waals surface area contributed by atoms with Crippen LogP contribution in [0, 0.1) is 11.6 Å². The Bertz CT molecular complexity index is 891. The maximum Gasteiger partial charge on any atom is 0.262 e. The van der Waals surface area contributed by atoms with E-state index in [9.17, 15) is 22.0 Å². The van der Waals surface area contributed by atoms with Crippen LogP contribution in [0.25, 0.3) is 0 Å². The number of nitrogens with one attached hydrogen (secondary N) is 1. The summed E-state index contributed by atoms with van der Waals surface area (Å²) in [6.07, 6.45) is 0. The highest BCUT2D eigenvalue weighted by Gasteiger charge is 2.21. The second kappa shape index (κ2) is 7.38. The maximum absolute atomic E-state index is 13.6. The van der Waals surface area contributed by atoms with Gasteiger partial charge in [-0.2, -0.15) is 0 Å². The Morgan fingerprint density at radius 1 is 1.00 bits per heavy atom. The molecule has 1 N–H and O–H groups in total. The SMILES string of the molecule is O=C(c1ccc(S(=O)(=O)Nc2c(F)cccc2F)cc1)N1CCOCC1. The van der Waals surface area contributed by atoms with Gasteiger partial charge in [0.1, 0.15) is 17.3 Å². The van der Waals surface area contributed by atoms with Crippen molar-refractivity contribution in [1.29, 1.82) is 0 Å². The minimum absolute atomic E-state index is 0.210. The van der Waals surface area contributed by atoms with E-state index in [-0.39, 0.29) is 10.8 Å². The fraction of sp³-hybridized carbons (Fsp3) is 0.235. The lowest BCUT2D eigenvalue weighted by Crippen LogP contribution is -2.40. The summed E-state index contributed by atoms with van der Waals surface area (Å²) in [5.41, 5.74) is -0.427. The highest BCUT2D eigenvalue weighted by atomic mass is 32.2. The topological polar surface area (TPSA) is 75.7 Å². The Kier molecular flexibility index (Phi) is 5.19. The first-order valence-electron chi connectivity index (χ1n) is 7.82. The molecule has 2 aromatic carbocycles. The highest BCUT2D eigenvalue weighted by Crippen LogP contribution is 2.22. The number of nitrogens with zero attached hydrogens (tertiary/aromatic N) is 1. The average molecular weight is 382 g/mol. The van der Waals surface area contributed by atoms with E-state index in [0.29, 0.717) is 31.9 Å². The zero-order chi connectivity index (χ0) is 18.7. The van der Waals surface area contributed by atoms with Crippen LogP contribution in [0.2, 0.25) is 0 Å². The first-order chi connectivity index (χ1) is 12.4. The lowest BCUT2D eigenvalue weighted by molar-refractivity contribution is 0.0303. The van der Waals surface area contributed by atoms with Crippen molar-refractivity contribution in [2.24, 2.45) is 0 Å². The molecule has 0 atom stereocenters. The van der Waals surface area contributed by atoms with Crippen molar-refractivity contribution in [1.82, 2.24) is 4.90 Å². The maximum atomic E-state index is 13.6. The van der Waals surface area contributed by atoms with Gasteiger partial charge < -0.3 is 9.64 Å². The number of para-hydroxylation sites is 1. The summed E-state index contributed by atoms with van der Waals surface area (Å²) in [7, 11) is -4.20. The highest BCUT2D eigenvalue weighted by molar-refractivity contribution is 7.92. The van der Waals surface area contributed by atoms with Gasteiger partial charge in [0.15, 0.2) is 0 Å². The molecule has 1 heterocycles. The van der Waals surface area contributed by atoms with Crippen molar-refractivity contribution in [3.8, 4) is 0 Å². The van der Waals surface area contributed by atoms with Crippen molar-refractivity contribution in [3.63, 3.8) is 0 Å². The third kappa shape index (κ3) is 3.83. The van der Waals surface area contributed by atoms with Gasteiger partial charge in [-0.25, -0.2) is 17.2 Å². The molecule has 1 aliphatic rings. The standard InChI is InChI=1S/C17H16F2N2O4S/c18-14-2-1-3-15(19)16(14)20-26(23,24)13-6-4-12(5-7-13)17(22)21-8-10-25-11-9-21/h1-7,20H,8-11H2. The Balaban J connectivity index is 1.80. The van der Waals surface area contributed by atoms with Crippen LogP contribution in [0.3, 0.4) is 0 Å². The summed E-state index contributed by atoms with van der Waals surface area (Å²) in [5.74, 6) is -2.27. The molecule has 138 valence electrons. The molecule has 1 amide bonds. The molecule has 2 aromatic rings. The average Bonchev–Trinajstić information content (AvgIpc) is 2.65. The summed E-state index contributed by atoms with van der Waals surface area (Å²) in [5, 5.41) is 0. The Morgan fingerprint density at radius 3 is 2.15 bits per heavy atom. The van der Waals surface area contributed by atoms with Gasteiger partial charge >= 0.3 is 0 Å². The largest absolute Gasteiger partial charge is 0.378 e. The minimum Gasteiger partial charge on any atom is -0.378 e. The molecule has 0 saturated carbocycles. The number of sulfonamides is 1. The molecule has 9 heteroatoms. The zero-order valence-electron chi connectivity index (χ0n) is 13.6. The van der Waals surface area contributed by atoms with Gasteiger partial charge in [-0.1, -0.05) is 6.07 Å². The van der Waals surface area contributed by atoms with Crippen LogP contribution < -0.4 is 4.72 Å². The quantitative estimate of drug-likeness (QED) is 0.880. The number of anilines is 1. The summed E-state index contributed by atoms with van der Waals surface area (Å²) < 4.78 is 59.0. The molecule has 1 fully saturated rings. The molecule has 26 heavy (non-hydrogen) atoms. The number of halogens is 2. The normalized spacial score (nSPS) is 14.9. The van der Waals surface area contributed by atoms with Crippen molar-refractivity contribution in [3.05, 3.63) is 59.7 Å². The number of rotatable bonds is 4. The number of hydrogen-bond acceptors (Lipinski definition) is 4. The van der Waals surface area contributed by atoms with Gasteiger partial charge in [-0.15, -0.1) is 0 Å². The number of carbonyl (C=O) groups is 1. The van der Waals surface area contributed by atoms with Crippen LogP contribution in [0.4, 0.5) is 14.5 Å². The van der Waals surface area contributed by atoms with Crippen molar-refractivity contribution in [2.75, 3.05) is 31.0 Å². The summed E-state index contributed by atoms with van der Waals surface area (Å²) >= 11 is 0. The van der Waals surface area contributed by atoms with E-state index >= 15 is 0 Å². The number of hydrogen-bond donors (Lipinski definition) is 1. The minimum atomic E-state index is -4.20. The molecular weight excluding hydrogens is 366 g/mol. The second-order valence-electron chi connectivity index (χ2n) is 5.63. The Hall–Kier alpha value is -2.52. The van der Waals surface area contributed by atoms with E-state index in [1.54, 1.807) is 4.90 Å². The van der Waals surface area contributed by atoms with Crippen molar-refractivity contribution < 1.29 is 26.7 Å². The lowest BCUT2D eigenvalue weighted by Gasteiger charge is -2.26. The van der Waals surface area contributed by atoms with E-state index in [2.05, 4.69) is 0 Å². The van der Waals surface area contributed by atoms with Crippen LogP contribution in [-0.4, -0.2) is 45.5 Å². The molecule has 6 nitrogen and oxygen atoms in total. The van der Waals surface area contributed by atoms with Gasteiger partial charge in [0.2, 0.25) is 0 Å². The number of amides is 1. The third-order valence-electron chi connectivity index (χ3n) is 3.91. The predicted octanol–water partition coefficient (Wildman–Crippen LogP) is 2.24. The molecule has 0 unspecified atom stereocenters. The monoisotopic (exact) mass is 382 g/mol. The third-order valence-corrected chi connectivity index (χ3v) is 5.27. The Labute approximate surface area is 149 Å². The van der Waals surface area contributed by atoms with Gasteiger partial charge in [0.05, 0.1) is 18.1 Å². The molecule has 0 radical (unpaired) electrons. The fourth-order valence-electron chi connectivity index (χ4n) is 2.51. The predicted molar refractivity (Wildman–Crippen MR) is 90.3 cm³/mol. The van der Waals surface area contributed by atoms with Crippen molar-refractivity contribution >= 4 is 21.6 Å². The molecule has 0 spiro atoms. The van der Waals surface area contributed by atoms with Crippen LogP contribution in [-0.2, 0) is 14.8 Å². The molecule has 3 rings (SSSR count). The van der Waals surface area contributed by atoms with E-state index in [0.717, 1.165) is 18.2 Å². The first-order valence-corrected chi connectivity index (χ1v) is 9.31. The van der Waals surface area contributed by atoms with Gasteiger partial charge in [0, 0.05) is 18.7 Å². The van der Waals surface area contributed by atoms with Gasteiger partial charge in [0.25, 0.3) is 15.9 Å². The zero-order valence-corrected chi connectivity index (χ0v) is 14.4. The number of morpholine rings is 1. The lowest BCUT2D eigenvalue weighted by atomic mass is 10.2. The van der Waals surface area contributed by atoms with Crippen molar-refractivity contribution in [2.45, 2.75) is 4.90 Å². The summed E-state index contributed by atoms with van der Waals surface area (Å²) in [4.78, 5) is 13.7. The molecular formula is C17H16F2N2O4S. The summed E-state index contributed by atoms with van der Waals surface area (Å²) in [6.45, 7) is 1.84. The molecule has 0 aromatic heterocycles. The van der Waals surface area contributed by atoms with Crippen LogP contribution in [0.1, 0.15) is 10.4 Å². The molecule has 1 saturated heterocycles. The number of benzene rings is 2. The summed E-state index contributed by atoms with van der Waals surface area (Å²) in [6, 6.07) is 8.20. The van der Waals surface area contributed by atoms with E-state index in [4.69, 9.17) is 4.74 Å². The smallest absolute Gasteiger partial charge is 0.262 e. The molecule has 1 aliphatic heterocycles. The van der Waals surface area contributed by atoms with E-state index in [1.165, 1.54) is 24.3 Å². The van der Waals surface area contributed by atoms with E-state index < -0.39 is 27.3 Å². The molecule has 0 aliphatic carbocycles. The van der Waals surface area contributed by atoms with Gasteiger partial charge in [-0.3, -0.25) is 9.52 Å². The van der Waals surface area contributed by atoms with Crippen LogP contribution >= 0.6 is 0 Å². The van der Waals surface area contributed by atoms with Crippen LogP contribution in [0.5, 0.6) is 0 Å². The Morgan fingerprint density at radius 2 is 1.58 bits per heavy atom. The van der Waals surface area contributed by atoms with Crippen LogP contribution in [0.15, 0.2) is 47.4 Å². The second-order valence-corrected chi connectivity index (χ2v) is 7.31.